The molecule has 1 aliphatic heterocycles. The summed E-state index contributed by atoms with van der Waals surface area (Å²) in [5.41, 5.74) is 1.51. The van der Waals surface area contributed by atoms with Gasteiger partial charge in [0.15, 0.2) is 6.10 Å². The summed E-state index contributed by atoms with van der Waals surface area (Å²) in [5.74, 6) is -0.926. The Labute approximate surface area is 194 Å². The molecule has 1 fully saturated rings. The van der Waals surface area contributed by atoms with Crippen LogP contribution >= 0.6 is 11.8 Å². The van der Waals surface area contributed by atoms with E-state index >= 15 is 0 Å². The van der Waals surface area contributed by atoms with Gasteiger partial charge >= 0.3 is 11.9 Å². The third kappa shape index (κ3) is 7.25. The Bertz CT molecular complexity index is 1020. The summed E-state index contributed by atoms with van der Waals surface area (Å²) in [6.07, 6.45) is -0.934. The van der Waals surface area contributed by atoms with Crippen LogP contribution in [0.1, 0.15) is 30.1 Å². The number of ether oxygens (including phenoxy) is 3. The van der Waals surface area contributed by atoms with E-state index in [0.717, 1.165) is 17.3 Å². The van der Waals surface area contributed by atoms with Crippen LogP contribution in [0, 0.1) is 0 Å². The lowest BCUT2D eigenvalue weighted by Gasteiger charge is -2.19. The van der Waals surface area contributed by atoms with Gasteiger partial charge in [0.2, 0.25) is 5.91 Å². The number of methoxy groups -OCH3 is 1. The van der Waals surface area contributed by atoms with Crippen molar-refractivity contribution >= 4 is 34.8 Å². The Hall–Kier alpha value is -3.53. The number of hydrogen-bond acceptors (Lipinski definition) is 8. The second kappa shape index (κ2) is 11.4. The molecule has 0 bridgehead atoms. The van der Waals surface area contributed by atoms with Gasteiger partial charge < -0.3 is 19.3 Å². The molecule has 0 spiro atoms. The maximum absolute atomic E-state index is 12.1. The molecular formula is C23H23NO8S. The molecule has 0 aliphatic carbocycles. The van der Waals surface area contributed by atoms with Gasteiger partial charge in [0, 0.05) is 0 Å². The van der Waals surface area contributed by atoms with Gasteiger partial charge in [-0.2, -0.15) is 0 Å². The van der Waals surface area contributed by atoms with Crippen molar-refractivity contribution in [3.63, 3.8) is 0 Å². The number of thioether (sulfide) groups is 1. The summed E-state index contributed by atoms with van der Waals surface area (Å²) in [6, 6.07) is 14.0. The molecule has 0 radical (unpaired) electrons. The van der Waals surface area contributed by atoms with Gasteiger partial charge in [-0.25, -0.2) is 0 Å². The largest absolute Gasteiger partial charge is 0.497 e. The van der Waals surface area contributed by atoms with Gasteiger partial charge in [-0.1, -0.05) is 36.0 Å². The number of carboxylic acid groups (broad SMARTS) is 1. The highest BCUT2D eigenvalue weighted by Gasteiger charge is 2.31. The van der Waals surface area contributed by atoms with E-state index in [1.165, 1.54) is 7.11 Å². The predicted molar refractivity (Wildman–Crippen MR) is 119 cm³/mol. The third-order valence-electron chi connectivity index (χ3n) is 4.80. The lowest BCUT2D eigenvalue weighted by atomic mass is 10.1. The van der Waals surface area contributed by atoms with Crippen molar-refractivity contribution in [1.82, 2.24) is 5.32 Å². The summed E-state index contributed by atoms with van der Waals surface area (Å²) < 4.78 is 16.5. The molecule has 1 heterocycles. The molecule has 2 atom stereocenters. The number of carboxylic acids is 1. The van der Waals surface area contributed by atoms with Crippen molar-refractivity contribution < 1.29 is 38.5 Å². The van der Waals surface area contributed by atoms with Crippen molar-refractivity contribution in [2.75, 3.05) is 13.7 Å². The first-order valence-corrected chi connectivity index (χ1v) is 11.0. The molecule has 2 aromatic carbocycles. The van der Waals surface area contributed by atoms with Crippen molar-refractivity contribution in [3.8, 4) is 11.5 Å². The monoisotopic (exact) mass is 473 g/mol. The molecule has 1 unspecified atom stereocenters. The summed E-state index contributed by atoms with van der Waals surface area (Å²) in [4.78, 5) is 45.9. The number of rotatable bonds is 11. The highest BCUT2D eigenvalue weighted by atomic mass is 32.2. The normalized spacial score (nSPS) is 16.1. The molecule has 2 aromatic rings. The van der Waals surface area contributed by atoms with E-state index in [1.807, 2.05) is 0 Å². The molecule has 9 nitrogen and oxygen atoms in total. The van der Waals surface area contributed by atoms with Gasteiger partial charge in [-0.3, -0.25) is 24.5 Å². The number of benzene rings is 2. The van der Waals surface area contributed by atoms with Crippen LogP contribution in [0.4, 0.5) is 4.79 Å². The van der Waals surface area contributed by atoms with Gasteiger partial charge in [-0.15, -0.1) is 0 Å². The Morgan fingerprint density at radius 2 is 1.85 bits per heavy atom. The summed E-state index contributed by atoms with van der Waals surface area (Å²) >= 11 is 0.973. The maximum atomic E-state index is 12.1. The van der Waals surface area contributed by atoms with E-state index in [-0.39, 0.29) is 30.6 Å². The molecule has 2 N–H and O–H groups in total. The minimum absolute atomic E-state index is 0.000705. The zero-order chi connectivity index (χ0) is 23.8. The fraction of sp³-hybridized carbons (Fsp3) is 0.304. The fourth-order valence-electron chi connectivity index (χ4n) is 3.10. The topological polar surface area (TPSA) is 128 Å². The van der Waals surface area contributed by atoms with Crippen molar-refractivity contribution in [3.05, 3.63) is 59.7 Å². The van der Waals surface area contributed by atoms with Crippen LogP contribution < -0.4 is 14.8 Å². The van der Waals surface area contributed by atoms with E-state index in [1.54, 1.807) is 48.5 Å². The molecule has 174 valence electrons. The fourth-order valence-corrected chi connectivity index (χ4v) is 3.96. The second-order valence-corrected chi connectivity index (χ2v) is 8.37. The van der Waals surface area contributed by atoms with E-state index < -0.39 is 23.3 Å². The number of imide groups is 1. The van der Waals surface area contributed by atoms with Gasteiger partial charge in [0.25, 0.3) is 5.24 Å². The molecule has 3 rings (SSSR count). The van der Waals surface area contributed by atoms with Crippen LogP contribution in [-0.4, -0.2) is 47.2 Å². The van der Waals surface area contributed by atoms with Crippen LogP contribution in [0.25, 0.3) is 0 Å². The van der Waals surface area contributed by atoms with Gasteiger partial charge in [0.05, 0.1) is 25.2 Å². The number of esters is 1. The Kier molecular flexibility index (Phi) is 8.31. The molecule has 1 aliphatic rings. The van der Waals surface area contributed by atoms with Crippen LogP contribution in [0.5, 0.6) is 11.5 Å². The molecular weight excluding hydrogens is 450 g/mol. The van der Waals surface area contributed by atoms with Gasteiger partial charge in [0.1, 0.15) is 18.1 Å². The first kappa shape index (κ1) is 24.1. The number of nitrogens with one attached hydrogen (secondary N) is 1. The van der Waals surface area contributed by atoms with Crippen LogP contribution in [0.15, 0.2) is 48.5 Å². The number of amides is 2. The quantitative estimate of drug-likeness (QED) is 0.473. The first-order chi connectivity index (χ1) is 15.8. The van der Waals surface area contributed by atoms with E-state index in [0.29, 0.717) is 23.5 Å². The predicted octanol–water partition coefficient (Wildman–Crippen LogP) is 3.12. The van der Waals surface area contributed by atoms with Crippen molar-refractivity contribution in [2.24, 2.45) is 0 Å². The van der Waals surface area contributed by atoms with E-state index in [4.69, 9.17) is 19.3 Å². The zero-order valence-electron chi connectivity index (χ0n) is 17.8. The molecule has 1 saturated heterocycles. The maximum Gasteiger partial charge on any atom is 0.307 e. The summed E-state index contributed by atoms with van der Waals surface area (Å²) in [7, 11) is 1.52. The Morgan fingerprint density at radius 1 is 1.09 bits per heavy atom. The average molecular weight is 474 g/mol. The first-order valence-electron chi connectivity index (χ1n) is 10.1. The molecule has 33 heavy (non-hydrogen) atoms. The lowest BCUT2D eigenvalue weighted by Crippen LogP contribution is -2.25. The summed E-state index contributed by atoms with van der Waals surface area (Å²) in [5, 5.41) is 10.3. The number of hydrogen-bond donors (Lipinski definition) is 2. The van der Waals surface area contributed by atoms with Crippen LogP contribution in [-0.2, 0) is 25.5 Å². The minimum Gasteiger partial charge on any atom is -0.497 e. The molecule has 2 amide bonds. The SMILES string of the molecule is COc1cccc([C@H](COc2ccc(CC3SC(=O)NC3=O)cc2)OC(=O)CCC(=O)O)c1. The van der Waals surface area contributed by atoms with Crippen molar-refractivity contribution in [1.29, 1.82) is 0 Å². The molecule has 10 heteroatoms. The summed E-state index contributed by atoms with van der Waals surface area (Å²) in [6.45, 7) is 0.000705. The highest BCUT2D eigenvalue weighted by molar-refractivity contribution is 8.15. The zero-order valence-corrected chi connectivity index (χ0v) is 18.6. The molecule has 0 aromatic heterocycles. The minimum atomic E-state index is -1.08. The lowest BCUT2D eigenvalue weighted by molar-refractivity contribution is -0.153. The second-order valence-electron chi connectivity index (χ2n) is 7.19. The third-order valence-corrected chi connectivity index (χ3v) is 5.78. The number of aliphatic carboxylic acids is 1. The number of carbonyl (C=O) groups is 4. The Balaban J connectivity index is 1.64. The highest BCUT2D eigenvalue weighted by Crippen LogP contribution is 2.26. The van der Waals surface area contributed by atoms with E-state index in [9.17, 15) is 19.2 Å². The van der Waals surface area contributed by atoms with Crippen LogP contribution in [0.2, 0.25) is 0 Å². The smallest absolute Gasteiger partial charge is 0.307 e. The van der Waals surface area contributed by atoms with Gasteiger partial charge in [-0.05, 0) is 41.8 Å². The average Bonchev–Trinajstić information content (AvgIpc) is 3.12. The molecule has 0 saturated carbocycles. The van der Waals surface area contributed by atoms with E-state index in [2.05, 4.69) is 5.32 Å². The van der Waals surface area contributed by atoms with Crippen LogP contribution in [0.3, 0.4) is 0 Å². The van der Waals surface area contributed by atoms with Crippen molar-refractivity contribution in [2.45, 2.75) is 30.6 Å². The standard InChI is InChI=1S/C23H23NO8S/c1-30-17-4-2-3-15(12-17)18(32-21(27)10-9-20(25)26)13-31-16-7-5-14(6-8-16)11-19-22(28)24-23(29)33-19/h2-8,12,18-19H,9-11,13H2,1H3,(H,25,26)(H,24,28,29)/t18-,19?/m0/s1. The number of carbonyl (C=O) groups excluding carboxylic acids is 3. The Morgan fingerprint density at radius 3 is 2.48 bits per heavy atom.